The van der Waals surface area contributed by atoms with Crippen LogP contribution in [0.3, 0.4) is 0 Å². The molecule has 0 saturated carbocycles. The van der Waals surface area contributed by atoms with E-state index in [1.807, 2.05) is 30.3 Å². The first-order valence-electron chi connectivity index (χ1n) is 7.74. The predicted octanol–water partition coefficient (Wildman–Crippen LogP) is 6.16. The van der Waals surface area contributed by atoms with Crippen LogP contribution in [0.1, 0.15) is 23.6 Å². The van der Waals surface area contributed by atoms with Crippen LogP contribution < -0.4 is 5.01 Å². The molecule has 26 heavy (non-hydrogen) atoms. The maximum absolute atomic E-state index is 9.64. The Hall–Kier alpha value is -1.79. The summed E-state index contributed by atoms with van der Waals surface area (Å²) in [4.78, 5) is 4.16. The second-order valence-electron chi connectivity index (χ2n) is 5.75. The average Bonchev–Trinajstić information content (AvgIpc) is 3.24. The van der Waals surface area contributed by atoms with Crippen molar-refractivity contribution in [3.63, 3.8) is 0 Å². The molecule has 1 aliphatic heterocycles. The van der Waals surface area contributed by atoms with E-state index in [1.54, 1.807) is 22.5 Å². The molecule has 0 radical (unpaired) electrons. The van der Waals surface area contributed by atoms with Gasteiger partial charge in [0.1, 0.15) is 0 Å². The van der Waals surface area contributed by atoms with Gasteiger partial charge in [0.2, 0.25) is 11.0 Å². The van der Waals surface area contributed by atoms with Crippen molar-refractivity contribution < 1.29 is 5.11 Å². The predicted molar refractivity (Wildman–Crippen MR) is 108 cm³/mol. The molecule has 4 nitrogen and oxygen atoms in total. The van der Waals surface area contributed by atoms with Gasteiger partial charge in [-0.3, -0.25) is 0 Å². The fourth-order valence-corrected chi connectivity index (χ4v) is 4.13. The molecular formula is C18H12Cl3N3OS. The lowest BCUT2D eigenvalue weighted by atomic mass is 9.98. The third kappa shape index (κ3) is 3.28. The molecule has 0 spiro atoms. The highest BCUT2D eigenvalue weighted by Crippen LogP contribution is 2.41. The molecule has 1 N–H and O–H groups in total. The van der Waals surface area contributed by atoms with Crippen molar-refractivity contribution in [2.45, 2.75) is 12.5 Å². The lowest BCUT2D eigenvalue weighted by Gasteiger charge is -2.21. The number of nitrogens with zero attached hydrogens (tertiary/aromatic N) is 3. The minimum absolute atomic E-state index is 0.0268. The molecule has 1 aliphatic rings. The fraction of sp³-hybridized carbons (Fsp3) is 0.111. The second kappa shape index (κ2) is 7.08. The maximum Gasteiger partial charge on any atom is 0.223 e. The number of benzene rings is 2. The van der Waals surface area contributed by atoms with Crippen molar-refractivity contribution in [3.05, 3.63) is 74.0 Å². The summed E-state index contributed by atoms with van der Waals surface area (Å²) in [5.41, 5.74) is 2.69. The highest BCUT2D eigenvalue weighted by molar-refractivity contribution is 7.13. The van der Waals surface area contributed by atoms with Crippen LogP contribution in [0, 0.1) is 0 Å². The van der Waals surface area contributed by atoms with Gasteiger partial charge in [0.05, 0.1) is 27.2 Å². The summed E-state index contributed by atoms with van der Waals surface area (Å²) in [6.07, 6.45) is 0.627. The van der Waals surface area contributed by atoms with Gasteiger partial charge in [0.25, 0.3) is 0 Å². The Morgan fingerprint density at radius 2 is 1.85 bits per heavy atom. The standard InChI is InChI=1S/C18H12Cl3N3OS/c19-12-4-2-1-3-11(12)16-8-15(10-5-6-13(20)14(21)7-10)23-24(16)18-22-17(25)9-26-18/h1-7,9,16,25H,8H2. The van der Waals surface area contributed by atoms with E-state index in [4.69, 9.17) is 39.9 Å². The Kier molecular flexibility index (Phi) is 4.80. The monoisotopic (exact) mass is 423 g/mol. The molecule has 0 bridgehead atoms. The first-order chi connectivity index (χ1) is 12.5. The molecule has 2 heterocycles. The summed E-state index contributed by atoms with van der Waals surface area (Å²) in [6, 6.07) is 13.0. The molecule has 1 atom stereocenters. The van der Waals surface area contributed by atoms with Crippen LogP contribution in [-0.4, -0.2) is 15.8 Å². The van der Waals surface area contributed by atoms with Crippen molar-refractivity contribution in [2.24, 2.45) is 5.10 Å². The topological polar surface area (TPSA) is 48.7 Å². The third-order valence-corrected chi connectivity index (χ3v) is 6.00. The van der Waals surface area contributed by atoms with Gasteiger partial charge in [0.15, 0.2) is 0 Å². The average molecular weight is 425 g/mol. The van der Waals surface area contributed by atoms with Gasteiger partial charge in [0, 0.05) is 11.4 Å². The molecule has 0 fully saturated rings. The van der Waals surface area contributed by atoms with Crippen LogP contribution in [-0.2, 0) is 0 Å². The van der Waals surface area contributed by atoms with Gasteiger partial charge in [-0.25, -0.2) is 5.01 Å². The van der Waals surface area contributed by atoms with Gasteiger partial charge >= 0.3 is 0 Å². The zero-order valence-corrected chi connectivity index (χ0v) is 16.3. The normalized spacial score (nSPS) is 16.8. The van der Waals surface area contributed by atoms with Crippen LogP contribution in [0.15, 0.2) is 52.9 Å². The maximum atomic E-state index is 9.64. The molecular weight excluding hydrogens is 413 g/mol. The number of aromatic nitrogens is 1. The number of rotatable bonds is 3. The SMILES string of the molecule is Oc1csc(N2N=C(c3ccc(Cl)c(Cl)c3)CC2c2ccccc2Cl)n1. The zero-order chi connectivity index (χ0) is 18.3. The lowest BCUT2D eigenvalue weighted by Crippen LogP contribution is -2.18. The van der Waals surface area contributed by atoms with Gasteiger partial charge in [-0.2, -0.15) is 10.1 Å². The molecule has 132 valence electrons. The Morgan fingerprint density at radius 3 is 2.54 bits per heavy atom. The van der Waals surface area contributed by atoms with Gasteiger partial charge in [-0.1, -0.05) is 70.4 Å². The van der Waals surface area contributed by atoms with Crippen molar-refractivity contribution in [1.29, 1.82) is 0 Å². The summed E-state index contributed by atoms with van der Waals surface area (Å²) < 4.78 is 0. The molecule has 0 amide bonds. The summed E-state index contributed by atoms with van der Waals surface area (Å²) in [5.74, 6) is -0.0268. The largest absolute Gasteiger partial charge is 0.493 e. The van der Waals surface area contributed by atoms with E-state index >= 15 is 0 Å². The summed E-state index contributed by atoms with van der Waals surface area (Å²) >= 11 is 19.9. The van der Waals surface area contributed by atoms with E-state index in [1.165, 1.54) is 11.3 Å². The van der Waals surface area contributed by atoms with Crippen molar-refractivity contribution in [3.8, 4) is 5.88 Å². The molecule has 2 aromatic carbocycles. The third-order valence-electron chi connectivity index (χ3n) is 4.10. The summed E-state index contributed by atoms with van der Waals surface area (Å²) in [6.45, 7) is 0. The quantitative estimate of drug-likeness (QED) is 0.547. The number of thiazole rings is 1. The number of hydrogen-bond acceptors (Lipinski definition) is 5. The second-order valence-corrected chi connectivity index (χ2v) is 7.81. The number of hydrazone groups is 1. The molecule has 1 aromatic heterocycles. The fourth-order valence-electron chi connectivity index (χ4n) is 2.89. The Morgan fingerprint density at radius 1 is 1.04 bits per heavy atom. The van der Waals surface area contributed by atoms with Crippen molar-refractivity contribution >= 4 is 57.0 Å². The van der Waals surface area contributed by atoms with Gasteiger partial charge in [-0.05, 0) is 29.3 Å². The zero-order valence-electron chi connectivity index (χ0n) is 13.2. The van der Waals surface area contributed by atoms with E-state index in [9.17, 15) is 5.11 Å². The number of anilines is 1. The number of hydrogen-bond donors (Lipinski definition) is 1. The highest BCUT2D eigenvalue weighted by atomic mass is 35.5. The summed E-state index contributed by atoms with van der Waals surface area (Å²) in [5, 5.41) is 20.0. The van der Waals surface area contributed by atoms with E-state index in [0.717, 1.165) is 16.8 Å². The lowest BCUT2D eigenvalue weighted by molar-refractivity contribution is 0.457. The molecule has 0 saturated heterocycles. The molecule has 8 heteroatoms. The summed E-state index contributed by atoms with van der Waals surface area (Å²) in [7, 11) is 0. The number of halogens is 3. The first kappa shape index (κ1) is 17.6. The van der Waals surface area contributed by atoms with Gasteiger partial charge in [-0.15, -0.1) is 0 Å². The number of aromatic hydroxyl groups is 1. The van der Waals surface area contributed by atoms with Crippen LogP contribution in [0.5, 0.6) is 5.88 Å². The Labute approximate surface area is 169 Å². The van der Waals surface area contributed by atoms with E-state index < -0.39 is 0 Å². The van der Waals surface area contributed by atoms with Crippen molar-refractivity contribution in [1.82, 2.24) is 4.98 Å². The molecule has 3 aromatic rings. The van der Waals surface area contributed by atoms with Crippen molar-refractivity contribution in [2.75, 3.05) is 5.01 Å². The minimum Gasteiger partial charge on any atom is -0.493 e. The van der Waals surface area contributed by atoms with Gasteiger partial charge < -0.3 is 5.11 Å². The molecule has 4 rings (SSSR count). The molecule has 1 unspecified atom stereocenters. The van der Waals surface area contributed by atoms with E-state index in [-0.39, 0.29) is 11.9 Å². The van der Waals surface area contributed by atoms with Crippen LogP contribution >= 0.6 is 46.1 Å². The Balaban J connectivity index is 1.78. The van der Waals surface area contributed by atoms with E-state index in [2.05, 4.69) is 4.98 Å². The van der Waals surface area contributed by atoms with Crippen LogP contribution in [0.25, 0.3) is 0 Å². The highest BCUT2D eigenvalue weighted by Gasteiger charge is 2.33. The minimum atomic E-state index is -0.126. The molecule has 0 aliphatic carbocycles. The van der Waals surface area contributed by atoms with Crippen LogP contribution in [0.2, 0.25) is 15.1 Å². The first-order valence-corrected chi connectivity index (χ1v) is 9.75. The Bertz CT molecular complexity index is 1000. The smallest absolute Gasteiger partial charge is 0.223 e. The van der Waals surface area contributed by atoms with E-state index in [0.29, 0.717) is 26.6 Å². The van der Waals surface area contributed by atoms with Crippen LogP contribution in [0.4, 0.5) is 5.13 Å².